The standard InChI is InChI=1S/C23H20ClN3O4S/c24-16-8-2-3-9-17(16)25-19(28)13-32-23-26-20-15-7-1-4-10-18(15)31-21(20)22(29)27(23)12-14-6-5-11-30-14/h1-4,7-10,14H,5-6,11-13H2,(H,25,28)/t14-/m1/s1. The van der Waals surface area contributed by atoms with Crippen LogP contribution in [0.1, 0.15) is 12.8 Å². The van der Waals surface area contributed by atoms with Gasteiger partial charge in [-0.15, -0.1) is 0 Å². The largest absolute Gasteiger partial charge is 0.448 e. The number of amides is 1. The molecule has 2 aromatic carbocycles. The van der Waals surface area contributed by atoms with Gasteiger partial charge in [-0.3, -0.25) is 14.2 Å². The van der Waals surface area contributed by atoms with Crippen molar-refractivity contribution in [1.29, 1.82) is 0 Å². The summed E-state index contributed by atoms with van der Waals surface area (Å²) >= 11 is 7.34. The Bertz CT molecular complexity index is 1360. The number of rotatable bonds is 6. The van der Waals surface area contributed by atoms with Gasteiger partial charge in [-0.25, -0.2) is 4.98 Å². The predicted molar refractivity (Wildman–Crippen MR) is 126 cm³/mol. The zero-order valence-corrected chi connectivity index (χ0v) is 18.6. The number of anilines is 1. The normalized spacial score (nSPS) is 16.1. The molecular weight excluding hydrogens is 450 g/mol. The van der Waals surface area contributed by atoms with Crippen LogP contribution in [0.4, 0.5) is 5.69 Å². The van der Waals surface area contributed by atoms with Gasteiger partial charge >= 0.3 is 0 Å². The number of hydrogen-bond donors (Lipinski definition) is 1. The fraction of sp³-hybridized carbons (Fsp3) is 0.261. The van der Waals surface area contributed by atoms with Crippen molar-refractivity contribution in [2.45, 2.75) is 30.6 Å². The summed E-state index contributed by atoms with van der Waals surface area (Å²) in [4.78, 5) is 30.6. The second-order valence-corrected chi connectivity index (χ2v) is 8.89. The Labute approximate surface area is 192 Å². The lowest BCUT2D eigenvalue weighted by molar-refractivity contribution is -0.113. The predicted octanol–water partition coefficient (Wildman–Crippen LogP) is 4.71. The van der Waals surface area contributed by atoms with Gasteiger partial charge in [-0.2, -0.15) is 0 Å². The van der Waals surface area contributed by atoms with Crippen LogP contribution in [-0.4, -0.2) is 33.9 Å². The third-order valence-electron chi connectivity index (χ3n) is 5.34. The molecule has 1 aliphatic rings. The molecule has 1 aliphatic heterocycles. The molecule has 2 aromatic heterocycles. The molecule has 0 bridgehead atoms. The number of fused-ring (bicyclic) bond motifs is 3. The lowest BCUT2D eigenvalue weighted by atomic mass is 10.2. The summed E-state index contributed by atoms with van der Waals surface area (Å²) in [6, 6.07) is 14.5. The third-order valence-corrected chi connectivity index (χ3v) is 6.64. The van der Waals surface area contributed by atoms with Gasteiger partial charge in [0.1, 0.15) is 11.1 Å². The number of para-hydroxylation sites is 2. The van der Waals surface area contributed by atoms with Crippen LogP contribution in [0.3, 0.4) is 0 Å². The Hall–Kier alpha value is -2.81. The van der Waals surface area contributed by atoms with E-state index in [2.05, 4.69) is 5.32 Å². The summed E-state index contributed by atoms with van der Waals surface area (Å²) in [5.41, 5.74) is 1.60. The van der Waals surface area contributed by atoms with E-state index >= 15 is 0 Å². The highest BCUT2D eigenvalue weighted by molar-refractivity contribution is 7.99. The molecule has 0 unspecified atom stereocenters. The van der Waals surface area contributed by atoms with Gasteiger partial charge in [0.05, 0.1) is 29.1 Å². The zero-order chi connectivity index (χ0) is 22.1. The highest BCUT2D eigenvalue weighted by Crippen LogP contribution is 2.28. The maximum atomic E-state index is 13.3. The van der Waals surface area contributed by atoms with Crippen molar-refractivity contribution in [1.82, 2.24) is 9.55 Å². The molecule has 0 aliphatic carbocycles. The summed E-state index contributed by atoms with van der Waals surface area (Å²) in [7, 11) is 0. The Morgan fingerprint density at radius 3 is 2.84 bits per heavy atom. The number of benzene rings is 2. The van der Waals surface area contributed by atoms with Crippen LogP contribution in [0.5, 0.6) is 0 Å². The molecule has 0 radical (unpaired) electrons. The molecule has 1 fully saturated rings. The van der Waals surface area contributed by atoms with Gasteiger partial charge in [0.2, 0.25) is 11.5 Å². The number of nitrogens with zero attached hydrogens (tertiary/aromatic N) is 2. The van der Waals surface area contributed by atoms with Gasteiger partial charge in [0.15, 0.2) is 5.16 Å². The van der Waals surface area contributed by atoms with Crippen molar-refractivity contribution in [3.05, 3.63) is 63.9 Å². The highest BCUT2D eigenvalue weighted by atomic mass is 35.5. The number of hydrogen-bond acceptors (Lipinski definition) is 6. The first-order valence-corrected chi connectivity index (χ1v) is 11.7. The average Bonchev–Trinajstić information content (AvgIpc) is 3.44. The van der Waals surface area contributed by atoms with E-state index in [9.17, 15) is 9.59 Å². The summed E-state index contributed by atoms with van der Waals surface area (Å²) in [5.74, 6) is -0.164. The Kier molecular flexibility index (Phi) is 5.91. The summed E-state index contributed by atoms with van der Waals surface area (Å²) in [6.07, 6.45) is 1.78. The van der Waals surface area contributed by atoms with E-state index in [-0.39, 0.29) is 28.9 Å². The van der Waals surface area contributed by atoms with Gasteiger partial charge in [0, 0.05) is 12.0 Å². The van der Waals surface area contributed by atoms with Crippen LogP contribution in [0.2, 0.25) is 5.02 Å². The molecule has 9 heteroatoms. The lowest BCUT2D eigenvalue weighted by Crippen LogP contribution is -2.29. The van der Waals surface area contributed by atoms with Crippen molar-refractivity contribution in [3.8, 4) is 0 Å². The molecule has 1 saturated heterocycles. The number of nitrogens with one attached hydrogen (secondary N) is 1. The number of carbonyl (C=O) groups excluding carboxylic acids is 1. The van der Waals surface area contributed by atoms with Crippen molar-refractivity contribution < 1.29 is 13.9 Å². The fourth-order valence-corrected chi connectivity index (χ4v) is 4.78. The van der Waals surface area contributed by atoms with E-state index in [0.717, 1.165) is 18.2 Å². The maximum absolute atomic E-state index is 13.3. The number of furan rings is 1. The van der Waals surface area contributed by atoms with Gasteiger partial charge in [-0.1, -0.05) is 47.6 Å². The van der Waals surface area contributed by atoms with E-state index in [1.165, 1.54) is 11.8 Å². The SMILES string of the molecule is O=C(CSc1nc2c(oc3ccccc32)c(=O)n1C[C@H]1CCCO1)Nc1ccccc1Cl. The topological polar surface area (TPSA) is 86.4 Å². The molecular formula is C23H20ClN3O4S. The summed E-state index contributed by atoms with van der Waals surface area (Å²) in [6.45, 7) is 1.05. The van der Waals surface area contributed by atoms with Crippen molar-refractivity contribution in [2.75, 3.05) is 17.7 Å². The number of ether oxygens (including phenoxy) is 1. The average molecular weight is 470 g/mol. The zero-order valence-electron chi connectivity index (χ0n) is 17.0. The van der Waals surface area contributed by atoms with Gasteiger partial charge < -0.3 is 14.5 Å². The number of aromatic nitrogens is 2. The molecule has 1 atom stereocenters. The molecule has 7 nitrogen and oxygen atoms in total. The van der Waals surface area contributed by atoms with Crippen LogP contribution < -0.4 is 10.9 Å². The van der Waals surface area contributed by atoms with Gasteiger partial charge in [-0.05, 0) is 37.1 Å². The molecule has 0 saturated carbocycles. The molecule has 1 N–H and O–H groups in total. The molecule has 0 spiro atoms. The first kappa shape index (κ1) is 21.1. The smallest absolute Gasteiger partial charge is 0.297 e. The highest BCUT2D eigenvalue weighted by Gasteiger charge is 2.23. The van der Waals surface area contributed by atoms with Crippen molar-refractivity contribution in [3.63, 3.8) is 0 Å². The molecule has 5 rings (SSSR count). The second kappa shape index (κ2) is 8.97. The monoisotopic (exact) mass is 469 g/mol. The number of thioether (sulfide) groups is 1. The van der Waals surface area contributed by atoms with Crippen molar-refractivity contribution >= 4 is 57.0 Å². The first-order chi connectivity index (χ1) is 15.6. The van der Waals surface area contributed by atoms with E-state index in [1.54, 1.807) is 28.8 Å². The maximum Gasteiger partial charge on any atom is 0.297 e. The van der Waals surface area contributed by atoms with E-state index in [0.29, 0.717) is 40.1 Å². The van der Waals surface area contributed by atoms with E-state index in [4.69, 9.17) is 25.7 Å². The molecule has 164 valence electrons. The van der Waals surface area contributed by atoms with Gasteiger partial charge in [0.25, 0.3) is 5.56 Å². The minimum absolute atomic E-state index is 0.0624. The van der Waals surface area contributed by atoms with E-state index < -0.39 is 0 Å². The second-order valence-electron chi connectivity index (χ2n) is 7.54. The van der Waals surface area contributed by atoms with Crippen LogP contribution in [0, 0.1) is 0 Å². The quantitative estimate of drug-likeness (QED) is 0.325. The minimum Gasteiger partial charge on any atom is -0.448 e. The molecule has 32 heavy (non-hydrogen) atoms. The Morgan fingerprint density at radius 2 is 2.03 bits per heavy atom. The Morgan fingerprint density at radius 1 is 1.22 bits per heavy atom. The molecule has 4 aromatic rings. The number of carbonyl (C=O) groups is 1. The first-order valence-electron chi connectivity index (χ1n) is 10.3. The van der Waals surface area contributed by atoms with Crippen molar-refractivity contribution in [2.24, 2.45) is 0 Å². The summed E-state index contributed by atoms with van der Waals surface area (Å²) in [5, 5.41) is 4.49. The molecule has 3 heterocycles. The van der Waals surface area contributed by atoms with Crippen LogP contribution in [-0.2, 0) is 16.1 Å². The fourth-order valence-electron chi connectivity index (χ4n) is 3.80. The molecule has 1 amide bonds. The number of halogens is 1. The van der Waals surface area contributed by atoms with Crippen LogP contribution in [0.15, 0.2) is 62.9 Å². The van der Waals surface area contributed by atoms with Crippen LogP contribution >= 0.6 is 23.4 Å². The minimum atomic E-state index is -0.268. The third kappa shape index (κ3) is 4.13. The summed E-state index contributed by atoms with van der Waals surface area (Å²) < 4.78 is 13.1. The Balaban J connectivity index is 1.48. The van der Waals surface area contributed by atoms with E-state index in [1.807, 2.05) is 24.3 Å². The lowest BCUT2D eigenvalue weighted by Gasteiger charge is -2.15. The van der Waals surface area contributed by atoms with Crippen LogP contribution in [0.25, 0.3) is 22.1 Å².